The second-order valence-corrected chi connectivity index (χ2v) is 6.71. The number of fused-ring (bicyclic) bond motifs is 1. The fourth-order valence-electron chi connectivity index (χ4n) is 2.74. The number of carbonyl (C=O) groups is 2. The van der Waals surface area contributed by atoms with Crippen molar-refractivity contribution in [2.24, 2.45) is 0 Å². The second kappa shape index (κ2) is 7.53. The Kier molecular flexibility index (Phi) is 5.19. The van der Waals surface area contributed by atoms with E-state index in [1.165, 1.54) is 0 Å². The number of rotatable bonds is 6. The first-order valence-electron chi connectivity index (χ1n) is 7.83. The molecule has 0 fully saturated rings. The van der Waals surface area contributed by atoms with Gasteiger partial charge in [-0.15, -0.1) is 0 Å². The maximum absolute atomic E-state index is 12.3. The molecule has 0 saturated heterocycles. The Balaban J connectivity index is 1.71. The number of benzene rings is 2. The Hall–Kier alpha value is -2.60. The van der Waals surface area contributed by atoms with Gasteiger partial charge < -0.3 is 15.0 Å². The molecule has 1 heterocycles. The molecule has 6 heteroatoms. The minimum absolute atomic E-state index is 0.0680. The van der Waals surface area contributed by atoms with Gasteiger partial charge in [0.25, 0.3) is 0 Å². The van der Waals surface area contributed by atoms with Gasteiger partial charge in [-0.05, 0) is 29.1 Å². The van der Waals surface area contributed by atoms with Gasteiger partial charge in [0.05, 0.1) is 0 Å². The van der Waals surface area contributed by atoms with Gasteiger partial charge in [-0.2, -0.15) is 0 Å². The van der Waals surface area contributed by atoms with Gasteiger partial charge in [-0.25, -0.2) is 4.79 Å². The summed E-state index contributed by atoms with van der Waals surface area (Å²) in [5, 5.41) is 13.0. The van der Waals surface area contributed by atoms with Gasteiger partial charge in [0.2, 0.25) is 5.91 Å². The number of amides is 1. The van der Waals surface area contributed by atoms with Crippen molar-refractivity contribution in [3.05, 3.63) is 70.8 Å². The summed E-state index contributed by atoms with van der Waals surface area (Å²) in [6.45, 7) is 0.0680. The summed E-state index contributed by atoms with van der Waals surface area (Å²) in [4.78, 5) is 23.8. The number of nitrogens with one attached hydrogen (secondary N) is 1. The topological polar surface area (TPSA) is 71.3 Å². The first-order chi connectivity index (χ1) is 12.0. The summed E-state index contributed by atoms with van der Waals surface area (Å²) in [6, 6.07) is 16.1. The number of carbonyl (C=O) groups excluding carboxylic acids is 1. The number of aliphatic carboxylic acids is 1. The smallest absolute Gasteiger partial charge is 0.326 e. The highest BCUT2D eigenvalue weighted by Gasteiger charge is 2.20. The van der Waals surface area contributed by atoms with Crippen LogP contribution >= 0.6 is 15.9 Å². The van der Waals surface area contributed by atoms with Crippen molar-refractivity contribution < 1.29 is 14.7 Å². The Morgan fingerprint density at radius 2 is 1.88 bits per heavy atom. The monoisotopic (exact) mass is 400 g/mol. The molecule has 0 aliphatic carbocycles. The minimum Gasteiger partial charge on any atom is -0.480 e. The molecule has 3 rings (SSSR count). The van der Waals surface area contributed by atoms with Gasteiger partial charge in [-0.1, -0.05) is 52.3 Å². The van der Waals surface area contributed by atoms with Gasteiger partial charge in [0, 0.05) is 22.6 Å². The van der Waals surface area contributed by atoms with Crippen LogP contribution in [0.4, 0.5) is 0 Å². The largest absolute Gasteiger partial charge is 0.480 e. The Bertz CT molecular complexity index is 905. The summed E-state index contributed by atoms with van der Waals surface area (Å²) in [5.41, 5.74) is 1.78. The maximum atomic E-state index is 12.3. The van der Waals surface area contributed by atoms with Crippen LogP contribution in [0.25, 0.3) is 10.9 Å². The number of halogens is 1. The van der Waals surface area contributed by atoms with Gasteiger partial charge in [0.1, 0.15) is 12.6 Å². The van der Waals surface area contributed by atoms with E-state index >= 15 is 0 Å². The summed E-state index contributed by atoms with van der Waals surface area (Å²) in [6.07, 6.45) is 2.07. The molecular formula is C19H17BrN2O3. The van der Waals surface area contributed by atoms with Crippen LogP contribution < -0.4 is 5.32 Å². The lowest BCUT2D eigenvalue weighted by Crippen LogP contribution is -2.43. The molecule has 0 spiro atoms. The van der Waals surface area contributed by atoms with Gasteiger partial charge in [0.15, 0.2) is 0 Å². The summed E-state index contributed by atoms with van der Waals surface area (Å²) in [5.74, 6) is -1.38. The molecule has 5 nitrogen and oxygen atoms in total. The van der Waals surface area contributed by atoms with Crippen molar-refractivity contribution in [1.82, 2.24) is 9.88 Å². The van der Waals surface area contributed by atoms with Crippen molar-refractivity contribution in [3.8, 4) is 0 Å². The predicted octanol–water partition coefficient (Wildman–Crippen LogP) is 3.22. The van der Waals surface area contributed by atoms with Crippen LogP contribution in [0.1, 0.15) is 5.56 Å². The fourth-order valence-corrected chi connectivity index (χ4v) is 3.09. The first-order valence-corrected chi connectivity index (χ1v) is 8.63. The van der Waals surface area contributed by atoms with E-state index in [0.717, 1.165) is 20.9 Å². The SMILES string of the molecule is O=C(Cn1ccc2ccc(Br)cc21)NC(Cc1ccccc1)C(=O)O. The van der Waals surface area contributed by atoms with Crippen LogP contribution in [-0.2, 0) is 22.6 Å². The van der Waals surface area contributed by atoms with Crippen molar-refractivity contribution in [2.45, 2.75) is 19.0 Å². The van der Waals surface area contributed by atoms with Crippen LogP contribution in [0.2, 0.25) is 0 Å². The normalized spacial score (nSPS) is 12.0. The third-order valence-corrected chi connectivity index (χ3v) is 4.46. The molecule has 1 aromatic heterocycles. The second-order valence-electron chi connectivity index (χ2n) is 5.79. The molecule has 0 aliphatic rings. The molecule has 1 atom stereocenters. The van der Waals surface area contributed by atoms with E-state index in [2.05, 4.69) is 21.2 Å². The lowest BCUT2D eigenvalue weighted by atomic mass is 10.1. The molecule has 25 heavy (non-hydrogen) atoms. The third-order valence-electron chi connectivity index (χ3n) is 3.97. The maximum Gasteiger partial charge on any atom is 0.326 e. The Labute approximate surface area is 153 Å². The van der Waals surface area contributed by atoms with Crippen LogP contribution in [0.15, 0.2) is 65.3 Å². The van der Waals surface area contributed by atoms with E-state index in [1.54, 1.807) is 4.57 Å². The Morgan fingerprint density at radius 3 is 2.60 bits per heavy atom. The number of hydrogen-bond acceptors (Lipinski definition) is 2. The fraction of sp³-hybridized carbons (Fsp3) is 0.158. The molecule has 0 radical (unpaired) electrons. The lowest BCUT2D eigenvalue weighted by Gasteiger charge is -2.15. The van der Waals surface area contributed by atoms with Crippen molar-refractivity contribution >= 4 is 38.7 Å². The summed E-state index contributed by atoms with van der Waals surface area (Å²) >= 11 is 3.42. The molecule has 0 bridgehead atoms. The molecule has 128 valence electrons. The van der Waals surface area contributed by atoms with Crippen LogP contribution in [0.3, 0.4) is 0 Å². The quantitative estimate of drug-likeness (QED) is 0.667. The highest BCUT2D eigenvalue weighted by atomic mass is 79.9. The van der Waals surface area contributed by atoms with E-state index < -0.39 is 12.0 Å². The molecule has 1 unspecified atom stereocenters. The number of nitrogens with zero attached hydrogens (tertiary/aromatic N) is 1. The number of carboxylic acids is 1. The zero-order valence-corrected chi connectivity index (χ0v) is 14.9. The number of carboxylic acid groups (broad SMARTS) is 1. The van der Waals surface area contributed by atoms with Crippen molar-refractivity contribution in [2.75, 3.05) is 0 Å². The lowest BCUT2D eigenvalue weighted by molar-refractivity contribution is -0.141. The van der Waals surface area contributed by atoms with E-state index in [0.29, 0.717) is 0 Å². The highest BCUT2D eigenvalue weighted by Crippen LogP contribution is 2.20. The van der Waals surface area contributed by atoms with Crippen LogP contribution in [-0.4, -0.2) is 27.6 Å². The molecule has 3 aromatic rings. The average molecular weight is 401 g/mol. The Morgan fingerprint density at radius 1 is 1.12 bits per heavy atom. The minimum atomic E-state index is -1.04. The standard InChI is InChI=1S/C19H17BrN2O3/c20-15-7-6-14-8-9-22(17(14)11-15)12-18(23)21-16(19(24)25)10-13-4-2-1-3-5-13/h1-9,11,16H,10,12H2,(H,21,23)(H,24,25). The number of hydrogen-bond donors (Lipinski definition) is 2. The molecule has 0 aliphatic heterocycles. The highest BCUT2D eigenvalue weighted by molar-refractivity contribution is 9.10. The van der Waals surface area contributed by atoms with Gasteiger partial charge >= 0.3 is 5.97 Å². The average Bonchev–Trinajstić information content (AvgIpc) is 2.97. The molecule has 1 amide bonds. The van der Waals surface area contributed by atoms with Crippen LogP contribution in [0, 0.1) is 0 Å². The summed E-state index contributed by atoms with van der Waals surface area (Å²) < 4.78 is 2.73. The summed E-state index contributed by atoms with van der Waals surface area (Å²) in [7, 11) is 0. The van der Waals surface area contributed by atoms with E-state index in [9.17, 15) is 14.7 Å². The predicted molar refractivity (Wildman–Crippen MR) is 99.4 cm³/mol. The van der Waals surface area contributed by atoms with Crippen molar-refractivity contribution in [1.29, 1.82) is 0 Å². The van der Waals surface area contributed by atoms with Crippen LogP contribution in [0.5, 0.6) is 0 Å². The molecular weight excluding hydrogens is 384 g/mol. The van der Waals surface area contributed by atoms with E-state index in [4.69, 9.17) is 0 Å². The third kappa shape index (κ3) is 4.28. The first kappa shape index (κ1) is 17.2. The molecule has 2 aromatic carbocycles. The number of aromatic nitrogens is 1. The van der Waals surface area contributed by atoms with E-state index in [1.807, 2.05) is 60.8 Å². The zero-order valence-electron chi connectivity index (χ0n) is 13.4. The van der Waals surface area contributed by atoms with Crippen molar-refractivity contribution in [3.63, 3.8) is 0 Å². The zero-order chi connectivity index (χ0) is 17.8. The van der Waals surface area contributed by atoms with E-state index in [-0.39, 0.29) is 18.9 Å². The molecule has 2 N–H and O–H groups in total. The molecule has 0 saturated carbocycles. The van der Waals surface area contributed by atoms with Gasteiger partial charge in [-0.3, -0.25) is 4.79 Å².